The van der Waals surface area contributed by atoms with Gasteiger partial charge in [0, 0.05) is 19.1 Å². The van der Waals surface area contributed by atoms with Gasteiger partial charge in [-0.2, -0.15) is 4.31 Å². The molecule has 0 radical (unpaired) electrons. The molecule has 0 amide bonds. The van der Waals surface area contributed by atoms with Crippen LogP contribution < -0.4 is 5.32 Å². The van der Waals surface area contributed by atoms with Gasteiger partial charge in [0.05, 0.1) is 4.90 Å². The van der Waals surface area contributed by atoms with Crippen molar-refractivity contribution in [1.82, 2.24) is 9.62 Å². The molecule has 1 unspecified atom stereocenters. The van der Waals surface area contributed by atoms with Gasteiger partial charge in [-0.25, -0.2) is 8.42 Å². The van der Waals surface area contributed by atoms with E-state index in [0.29, 0.717) is 23.9 Å². The van der Waals surface area contributed by atoms with E-state index < -0.39 is 10.0 Å². The van der Waals surface area contributed by atoms with E-state index in [-0.39, 0.29) is 6.04 Å². The molecule has 118 valence electrons. The number of hydrogen-bond acceptors (Lipinski definition) is 3. The molecular weight excluding hydrogens is 284 g/mol. The van der Waals surface area contributed by atoms with Gasteiger partial charge >= 0.3 is 0 Å². The molecule has 2 rings (SSSR count). The molecule has 1 aromatic carbocycles. The van der Waals surface area contributed by atoms with E-state index in [1.807, 2.05) is 33.0 Å². The van der Waals surface area contributed by atoms with Crippen molar-refractivity contribution in [3.63, 3.8) is 0 Å². The molecule has 1 aromatic rings. The van der Waals surface area contributed by atoms with Gasteiger partial charge in [-0.05, 0) is 56.8 Å². The number of rotatable bonds is 8. The maximum atomic E-state index is 12.9. The molecule has 4 nitrogen and oxygen atoms in total. The van der Waals surface area contributed by atoms with Gasteiger partial charge in [0.15, 0.2) is 0 Å². The number of nitrogens with zero attached hydrogens (tertiary/aromatic N) is 1. The smallest absolute Gasteiger partial charge is 0.243 e. The third-order valence-corrected chi connectivity index (χ3v) is 5.92. The number of nitrogens with one attached hydrogen (secondary N) is 1. The molecule has 1 N–H and O–H groups in total. The molecule has 0 heterocycles. The van der Waals surface area contributed by atoms with Crippen molar-refractivity contribution in [1.29, 1.82) is 0 Å². The minimum atomic E-state index is -3.38. The van der Waals surface area contributed by atoms with Gasteiger partial charge in [-0.3, -0.25) is 0 Å². The average Bonchev–Trinajstić information content (AvgIpc) is 3.30. The third kappa shape index (κ3) is 4.05. The van der Waals surface area contributed by atoms with E-state index >= 15 is 0 Å². The topological polar surface area (TPSA) is 49.4 Å². The first kappa shape index (κ1) is 16.5. The minimum Gasteiger partial charge on any atom is -0.313 e. The Morgan fingerprint density at radius 1 is 1.38 bits per heavy atom. The predicted octanol–water partition coefficient (Wildman–Crippen LogP) is 2.78. The fourth-order valence-corrected chi connectivity index (χ4v) is 4.07. The van der Waals surface area contributed by atoms with E-state index in [9.17, 15) is 8.42 Å². The summed E-state index contributed by atoms with van der Waals surface area (Å²) >= 11 is 0. The monoisotopic (exact) mass is 310 g/mol. The van der Waals surface area contributed by atoms with Crippen LogP contribution in [0.1, 0.15) is 44.7 Å². The van der Waals surface area contributed by atoms with E-state index in [1.165, 1.54) is 0 Å². The zero-order chi connectivity index (χ0) is 15.5. The van der Waals surface area contributed by atoms with Crippen LogP contribution in [0.2, 0.25) is 0 Å². The zero-order valence-corrected chi connectivity index (χ0v) is 14.0. The summed E-state index contributed by atoms with van der Waals surface area (Å²) < 4.78 is 27.4. The molecule has 0 aliphatic heterocycles. The minimum absolute atomic E-state index is 0.142. The summed E-state index contributed by atoms with van der Waals surface area (Å²) in [7, 11) is -1.50. The van der Waals surface area contributed by atoms with Gasteiger partial charge in [0.1, 0.15) is 0 Å². The van der Waals surface area contributed by atoms with Crippen molar-refractivity contribution < 1.29 is 8.42 Å². The van der Waals surface area contributed by atoms with Crippen molar-refractivity contribution >= 4 is 10.0 Å². The molecule has 0 saturated heterocycles. The quantitative estimate of drug-likeness (QED) is 0.803. The summed E-state index contributed by atoms with van der Waals surface area (Å²) in [5.41, 5.74) is 1.00. The third-order valence-electron chi connectivity index (χ3n) is 4.06. The second kappa shape index (κ2) is 6.90. The summed E-state index contributed by atoms with van der Waals surface area (Å²) in [6, 6.07) is 7.44. The summed E-state index contributed by atoms with van der Waals surface area (Å²) in [6.07, 6.45) is 3.16. The largest absolute Gasteiger partial charge is 0.313 e. The average molecular weight is 310 g/mol. The van der Waals surface area contributed by atoms with Crippen molar-refractivity contribution in [3.8, 4) is 0 Å². The molecule has 0 bridgehead atoms. The second-order valence-corrected chi connectivity index (χ2v) is 7.83. The maximum absolute atomic E-state index is 12.9. The normalized spacial score (nSPS) is 17.1. The first-order valence-corrected chi connectivity index (χ1v) is 9.20. The Kier molecular flexibility index (Phi) is 5.41. The van der Waals surface area contributed by atoms with Crippen molar-refractivity contribution in [3.05, 3.63) is 29.8 Å². The predicted molar refractivity (Wildman–Crippen MR) is 85.7 cm³/mol. The molecule has 0 aromatic heterocycles. The highest BCUT2D eigenvalue weighted by Gasteiger charge is 2.31. The lowest BCUT2D eigenvalue weighted by molar-refractivity contribution is 0.395. The standard InChI is InChI=1S/C16H26N2O2S/c1-4-10-18(12-14-8-9-14)21(19,20)16-7-5-6-15(11-16)13(2)17-3/h5-7,11,13-14,17H,4,8-10,12H2,1-3H3. The molecule has 1 aliphatic carbocycles. The highest BCUT2D eigenvalue weighted by atomic mass is 32.2. The Bertz CT molecular complexity index is 567. The molecule has 5 heteroatoms. The van der Waals surface area contributed by atoms with E-state index in [4.69, 9.17) is 0 Å². The Balaban J connectivity index is 2.27. The lowest BCUT2D eigenvalue weighted by Crippen LogP contribution is -2.33. The molecule has 1 fully saturated rings. The number of benzene rings is 1. The van der Waals surface area contributed by atoms with Crippen LogP contribution in [0.5, 0.6) is 0 Å². The fourth-order valence-electron chi connectivity index (χ4n) is 2.41. The molecule has 1 atom stereocenters. The highest BCUT2D eigenvalue weighted by Crippen LogP contribution is 2.32. The molecule has 21 heavy (non-hydrogen) atoms. The summed E-state index contributed by atoms with van der Waals surface area (Å²) in [4.78, 5) is 0.413. The zero-order valence-electron chi connectivity index (χ0n) is 13.2. The van der Waals surface area contributed by atoms with Crippen molar-refractivity contribution in [2.24, 2.45) is 5.92 Å². The van der Waals surface area contributed by atoms with E-state index in [0.717, 1.165) is 24.8 Å². The van der Waals surface area contributed by atoms with Gasteiger partial charge in [0.25, 0.3) is 0 Å². The number of sulfonamides is 1. The van der Waals surface area contributed by atoms with Crippen molar-refractivity contribution in [2.45, 2.75) is 44.0 Å². The number of hydrogen-bond donors (Lipinski definition) is 1. The fraction of sp³-hybridized carbons (Fsp3) is 0.625. The van der Waals surface area contributed by atoms with Crippen LogP contribution >= 0.6 is 0 Å². The summed E-state index contributed by atoms with van der Waals surface area (Å²) in [6.45, 7) is 5.32. The molecule has 0 spiro atoms. The van der Waals surface area contributed by atoms with Crippen LogP contribution in [-0.2, 0) is 10.0 Å². The van der Waals surface area contributed by atoms with Crippen LogP contribution in [0, 0.1) is 5.92 Å². The molecular formula is C16H26N2O2S. The second-order valence-electron chi connectivity index (χ2n) is 5.89. The summed E-state index contributed by atoms with van der Waals surface area (Å²) in [5.74, 6) is 0.561. The Morgan fingerprint density at radius 3 is 2.67 bits per heavy atom. The lowest BCUT2D eigenvalue weighted by Gasteiger charge is -2.22. The van der Waals surface area contributed by atoms with E-state index in [1.54, 1.807) is 16.4 Å². The van der Waals surface area contributed by atoms with Crippen LogP contribution in [0.3, 0.4) is 0 Å². The molecule has 1 saturated carbocycles. The van der Waals surface area contributed by atoms with Crippen LogP contribution in [0.25, 0.3) is 0 Å². The molecule has 1 aliphatic rings. The highest BCUT2D eigenvalue weighted by molar-refractivity contribution is 7.89. The van der Waals surface area contributed by atoms with Gasteiger partial charge in [-0.1, -0.05) is 19.1 Å². The lowest BCUT2D eigenvalue weighted by atomic mass is 10.1. The Morgan fingerprint density at radius 2 is 2.10 bits per heavy atom. The Hall–Kier alpha value is -0.910. The Labute approximate surface area is 128 Å². The van der Waals surface area contributed by atoms with Gasteiger partial charge in [-0.15, -0.1) is 0 Å². The first-order chi connectivity index (χ1) is 9.98. The van der Waals surface area contributed by atoms with Crippen LogP contribution in [-0.4, -0.2) is 32.9 Å². The van der Waals surface area contributed by atoms with Crippen LogP contribution in [0.15, 0.2) is 29.2 Å². The van der Waals surface area contributed by atoms with Gasteiger partial charge in [0.2, 0.25) is 10.0 Å². The van der Waals surface area contributed by atoms with E-state index in [2.05, 4.69) is 5.32 Å². The SMILES string of the molecule is CCCN(CC1CC1)S(=O)(=O)c1cccc(C(C)NC)c1. The first-order valence-electron chi connectivity index (χ1n) is 7.76. The van der Waals surface area contributed by atoms with Gasteiger partial charge < -0.3 is 5.32 Å². The van der Waals surface area contributed by atoms with Crippen LogP contribution in [0.4, 0.5) is 0 Å². The summed E-state index contributed by atoms with van der Waals surface area (Å²) in [5, 5.41) is 3.15. The van der Waals surface area contributed by atoms with Crippen molar-refractivity contribution in [2.75, 3.05) is 20.1 Å². The maximum Gasteiger partial charge on any atom is 0.243 e.